The van der Waals surface area contributed by atoms with E-state index in [9.17, 15) is 0 Å². The average molecular weight is 260 g/mol. The molecule has 0 bridgehead atoms. The van der Waals surface area contributed by atoms with Crippen LogP contribution in [0.3, 0.4) is 0 Å². The second kappa shape index (κ2) is 14.9. The fourth-order valence-corrected chi connectivity index (χ4v) is 1.86. The number of methoxy groups -OCH3 is 1. The van der Waals surface area contributed by atoms with Gasteiger partial charge in [0.05, 0.1) is 6.10 Å². The van der Waals surface area contributed by atoms with Gasteiger partial charge in [0.15, 0.2) is 0 Å². The number of allylic oxidation sites excluding steroid dienone is 1. The Balaban J connectivity index is 3.64. The Hall–Kier alpha value is -1.18. The summed E-state index contributed by atoms with van der Waals surface area (Å²) in [6, 6.07) is 0. The molecule has 0 rings (SSSR count). The minimum atomic E-state index is 0.358. The normalized spacial score (nSPS) is 10.8. The van der Waals surface area contributed by atoms with Gasteiger partial charge in [0.1, 0.15) is 0 Å². The Kier molecular flexibility index (Phi) is 14.0. The molecule has 0 saturated carbocycles. The van der Waals surface area contributed by atoms with Crippen LogP contribution in [0.15, 0.2) is 12.7 Å². The predicted octanol–water partition coefficient (Wildman–Crippen LogP) is 4.73. The highest BCUT2D eigenvalue weighted by Crippen LogP contribution is 2.12. The van der Waals surface area contributed by atoms with Gasteiger partial charge in [-0.05, 0) is 24.7 Å². The molecule has 0 spiro atoms. The number of hydrogen-bond donors (Lipinski definition) is 0. The zero-order chi connectivity index (χ0) is 14.2. The highest BCUT2D eigenvalue weighted by Gasteiger charge is 2.05. The lowest BCUT2D eigenvalue weighted by Gasteiger charge is -2.13. The van der Waals surface area contributed by atoms with E-state index in [0.717, 1.165) is 19.3 Å². The molecule has 1 unspecified atom stereocenters. The van der Waals surface area contributed by atoms with Gasteiger partial charge in [-0.2, -0.15) is 0 Å². The number of hydrogen-bond acceptors (Lipinski definition) is 1. The first-order valence-corrected chi connectivity index (χ1v) is 7.44. The molecule has 0 aliphatic heterocycles. The fraction of sp³-hybridized carbons (Fsp3) is 0.667. The van der Waals surface area contributed by atoms with Gasteiger partial charge in [-0.3, -0.25) is 0 Å². The maximum Gasteiger partial charge on any atom is 0.0580 e. The summed E-state index contributed by atoms with van der Waals surface area (Å²) in [5.74, 6) is 11.7. The van der Waals surface area contributed by atoms with Gasteiger partial charge in [0, 0.05) is 20.0 Å². The lowest BCUT2D eigenvalue weighted by molar-refractivity contribution is 0.0868. The second-order valence-electron chi connectivity index (χ2n) is 4.70. The molecule has 106 valence electrons. The molecule has 0 N–H and O–H groups in total. The largest absolute Gasteiger partial charge is 0.381 e. The number of rotatable bonds is 10. The summed E-state index contributed by atoms with van der Waals surface area (Å²) in [5, 5.41) is 0. The van der Waals surface area contributed by atoms with Crippen LogP contribution in [0.1, 0.15) is 64.7 Å². The van der Waals surface area contributed by atoms with E-state index in [1.165, 1.54) is 32.1 Å². The van der Waals surface area contributed by atoms with Crippen LogP contribution in [-0.4, -0.2) is 13.2 Å². The van der Waals surface area contributed by atoms with Crippen molar-refractivity contribution in [3.05, 3.63) is 12.7 Å². The first kappa shape index (κ1) is 17.8. The third-order valence-corrected chi connectivity index (χ3v) is 3.04. The molecule has 0 aromatic heterocycles. The monoisotopic (exact) mass is 260 g/mol. The van der Waals surface area contributed by atoms with Crippen molar-refractivity contribution in [2.24, 2.45) is 0 Å². The standard InChI is InChI=1S/C18H28O/c1-4-6-8-10-11-13-15-17-18(19-3)16-14-12-9-7-5-2/h4,18H,1,5-7,9,12,14-17H2,2-3H3. The lowest BCUT2D eigenvalue weighted by Crippen LogP contribution is -2.09. The highest BCUT2D eigenvalue weighted by atomic mass is 16.5. The van der Waals surface area contributed by atoms with Crippen LogP contribution in [0.4, 0.5) is 0 Å². The van der Waals surface area contributed by atoms with Crippen molar-refractivity contribution in [3.63, 3.8) is 0 Å². The third kappa shape index (κ3) is 13.1. The Labute approximate surface area is 119 Å². The van der Waals surface area contributed by atoms with E-state index in [1.54, 1.807) is 13.2 Å². The van der Waals surface area contributed by atoms with E-state index in [1.807, 2.05) is 0 Å². The van der Waals surface area contributed by atoms with Crippen LogP contribution >= 0.6 is 0 Å². The molecule has 1 nitrogen and oxygen atoms in total. The van der Waals surface area contributed by atoms with E-state index in [-0.39, 0.29) is 0 Å². The summed E-state index contributed by atoms with van der Waals surface area (Å²) in [4.78, 5) is 0. The Morgan fingerprint density at radius 1 is 1.05 bits per heavy atom. The van der Waals surface area contributed by atoms with Crippen molar-refractivity contribution in [2.45, 2.75) is 70.8 Å². The van der Waals surface area contributed by atoms with Crippen LogP contribution in [0.5, 0.6) is 0 Å². The summed E-state index contributed by atoms with van der Waals surface area (Å²) in [7, 11) is 1.80. The Morgan fingerprint density at radius 3 is 2.47 bits per heavy atom. The number of ether oxygens (including phenoxy) is 1. The fourth-order valence-electron chi connectivity index (χ4n) is 1.86. The summed E-state index contributed by atoms with van der Waals surface area (Å²) in [5.41, 5.74) is 0. The molecule has 0 aliphatic rings. The van der Waals surface area contributed by atoms with Gasteiger partial charge >= 0.3 is 0 Å². The molecule has 0 aromatic rings. The Morgan fingerprint density at radius 2 is 1.79 bits per heavy atom. The SMILES string of the molecule is C=CCC#CC#CCCC(CCCCCCC)OC. The minimum absolute atomic E-state index is 0.358. The zero-order valence-electron chi connectivity index (χ0n) is 12.6. The Bertz CT molecular complexity index is 321. The zero-order valence-corrected chi connectivity index (χ0v) is 12.6. The van der Waals surface area contributed by atoms with Crippen LogP contribution in [0.25, 0.3) is 0 Å². The van der Waals surface area contributed by atoms with Gasteiger partial charge in [0.2, 0.25) is 0 Å². The summed E-state index contributed by atoms with van der Waals surface area (Å²) in [6.45, 7) is 5.85. The van der Waals surface area contributed by atoms with Crippen LogP contribution < -0.4 is 0 Å². The van der Waals surface area contributed by atoms with Crippen LogP contribution in [0.2, 0.25) is 0 Å². The molecule has 0 aliphatic carbocycles. The first-order valence-electron chi connectivity index (χ1n) is 7.44. The van der Waals surface area contributed by atoms with Crippen molar-refractivity contribution in [2.75, 3.05) is 7.11 Å². The maximum absolute atomic E-state index is 5.48. The molecule has 0 amide bonds. The van der Waals surface area contributed by atoms with Crippen LogP contribution in [0, 0.1) is 23.7 Å². The third-order valence-electron chi connectivity index (χ3n) is 3.04. The van der Waals surface area contributed by atoms with Crippen molar-refractivity contribution in [1.82, 2.24) is 0 Å². The van der Waals surface area contributed by atoms with Crippen LogP contribution in [-0.2, 0) is 4.74 Å². The molecule has 0 fully saturated rings. The average Bonchev–Trinajstić information content (AvgIpc) is 2.44. The maximum atomic E-state index is 5.48. The molecular weight excluding hydrogens is 232 g/mol. The van der Waals surface area contributed by atoms with Gasteiger partial charge in [-0.25, -0.2) is 0 Å². The molecule has 1 heteroatoms. The lowest BCUT2D eigenvalue weighted by atomic mass is 10.0. The van der Waals surface area contributed by atoms with Gasteiger partial charge in [-0.1, -0.05) is 56.9 Å². The minimum Gasteiger partial charge on any atom is -0.381 e. The topological polar surface area (TPSA) is 9.23 Å². The van der Waals surface area contributed by atoms with Crippen molar-refractivity contribution < 1.29 is 4.74 Å². The van der Waals surface area contributed by atoms with Crippen molar-refractivity contribution >= 4 is 0 Å². The second-order valence-corrected chi connectivity index (χ2v) is 4.70. The highest BCUT2D eigenvalue weighted by molar-refractivity contribution is 5.26. The predicted molar refractivity (Wildman–Crippen MR) is 83.8 cm³/mol. The van der Waals surface area contributed by atoms with E-state index in [4.69, 9.17) is 4.74 Å². The van der Waals surface area contributed by atoms with E-state index < -0.39 is 0 Å². The molecule has 19 heavy (non-hydrogen) atoms. The molecule has 1 atom stereocenters. The quantitative estimate of drug-likeness (QED) is 0.313. The smallest absolute Gasteiger partial charge is 0.0580 e. The van der Waals surface area contributed by atoms with E-state index >= 15 is 0 Å². The van der Waals surface area contributed by atoms with Crippen molar-refractivity contribution in [3.8, 4) is 23.7 Å². The van der Waals surface area contributed by atoms with Gasteiger partial charge < -0.3 is 4.74 Å². The molecule has 0 aromatic carbocycles. The number of unbranched alkanes of at least 4 members (excludes halogenated alkanes) is 4. The van der Waals surface area contributed by atoms with Gasteiger partial charge in [0.25, 0.3) is 0 Å². The summed E-state index contributed by atoms with van der Waals surface area (Å²) >= 11 is 0. The molecular formula is C18H28O. The molecule has 0 heterocycles. The summed E-state index contributed by atoms with van der Waals surface area (Å²) < 4.78 is 5.48. The molecule has 0 radical (unpaired) electrons. The first-order chi connectivity index (χ1) is 9.35. The molecule has 0 saturated heterocycles. The van der Waals surface area contributed by atoms with Gasteiger partial charge in [-0.15, -0.1) is 6.58 Å². The van der Waals surface area contributed by atoms with E-state index in [0.29, 0.717) is 12.5 Å². The summed E-state index contributed by atoms with van der Waals surface area (Å²) in [6.07, 6.45) is 12.5. The van der Waals surface area contributed by atoms with E-state index in [2.05, 4.69) is 37.2 Å². The van der Waals surface area contributed by atoms with Crippen molar-refractivity contribution in [1.29, 1.82) is 0 Å².